The van der Waals surface area contributed by atoms with Gasteiger partial charge in [-0.2, -0.15) is 0 Å². The number of nitrogens with two attached hydrogens (primary N) is 1. The van der Waals surface area contributed by atoms with E-state index in [0.717, 1.165) is 0 Å². The number of hydrogen-bond acceptors (Lipinski definition) is 3. The van der Waals surface area contributed by atoms with E-state index < -0.39 is 5.82 Å². The maximum atomic E-state index is 13.2. The Kier molecular flexibility index (Phi) is 3.72. The molecule has 0 aliphatic carbocycles. The van der Waals surface area contributed by atoms with Crippen LogP contribution in [0.2, 0.25) is 0 Å². The van der Waals surface area contributed by atoms with Crippen molar-refractivity contribution < 1.29 is 13.9 Å². The molecule has 0 spiro atoms. The highest BCUT2D eigenvalue weighted by Gasteiger charge is 2.06. The molecule has 0 heterocycles. The number of rotatable bonds is 3. The Morgan fingerprint density at radius 1 is 1.11 bits per heavy atom. The SMILES string of the molecule is COc1ccc(Oc2cc(N)cc(F)c2)c(Br)c1. The third-order valence-electron chi connectivity index (χ3n) is 2.26. The average molecular weight is 312 g/mol. The summed E-state index contributed by atoms with van der Waals surface area (Å²) in [5, 5.41) is 0. The van der Waals surface area contributed by atoms with Crippen LogP contribution in [0.1, 0.15) is 0 Å². The van der Waals surface area contributed by atoms with Crippen molar-refractivity contribution in [3.63, 3.8) is 0 Å². The number of nitrogen functional groups attached to an aromatic ring is 1. The van der Waals surface area contributed by atoms with Crippen molar-refractivity contribution in [3.8, 4) is 17.2 Å². The quantitative estimate of drug-likeness (QED) is 0.872. The fraction of sp³-hybridized carbons (Fsp3) is 0.0769. The van der Waals surface area contributed by atoms with Gasteiger partial charge in [0.25, 0.3) is 0 Å². The van der Waals surface area contributed by atoms with E-state index in [1.165, 1.54) is 12.1 Å². The van der Waals surface area contributed by atoms with E-state index in [9.17, 15) is 4.39 Å². The summed E-state index contributed by atoms with van der Waals surface area (Å²) in [7, 11) is 1.58. The molecule has 0 atom stereocenters. The predicted molar refractivity (Wildman–Crippen MR) is 71.6 cm³/mol. The van der Waals surface area contributed by atoms with Gasteiger partial charge in [-0.15, -0.1) is 0 Å². The van der Waals surface area contributed by atoms with E-state index in [0.29, 0.717) is 27.4 Å². The third-order valence-corrected chi connectivity index (χ3v) is 2.88. The van der Waals surface area contributed by atoms with Crippen molar-refractivity contribution in [3.05, 3.63) is 46.7 Å². The number of anilines is 1. The number of hydrogen-bond donors (Lipinski definition) is 1. The van der Waals surface area contributed by atoms with Gasteiger partial charge in [0.05, 0.1) is 11.6 Å². The van der Waals surface area contributed by atoms with Crippen molar-refractivity contribution in [1.82, 2.24) is 0 Å². The van der Waals surface area contributed by atoms with Gasteiger partial charge in [0.2, 0.25) is 0 Å². The van der Waals surface area contributed by atoms with Crippen LogP contribution in [0.3, 0.4) is 0 Å². The van der Waals surface area contributed by atoms with Gasteiger partial charge in [0.15, 0.2) is 0 Å². The second-order valence-corrected chi connectivity index (χ2v) is 4.47. The minimum absolute atomic E-state index is 0.314. The Morgan fingerprint density at radius 2 is 1.89 bits per heavy atom. The van der Waals surface area contributed by atoms with Crippen molar-refractivity contribution >= 4 is 21.6 Å². The minimum atomic E-state index is -0.436. The first-order valence-corrected chi connectivity index (χ1v) is 5.95. The molecule has 2 N–H and O–H groups in total. The van der Waals surface area contributed by atoms with E-state index >= 15 is 0 Å². The molecule has 0 aliphatic rings. The molecule has 0 aromatic heterocycles. The van der Waals surface area contributed by atoms with Crippen LogP contribution in [0.15, 0.2) is 40.9 Å². The normalized spacial score (nSPS) is 10.2. The molecule has 2 rings (SSSR count). The van der Waals surface area contributed by atoms with E-state index in [1.54, 1.807) is 31.4 Å². The highest BCUT2D eigenvalue weighted by molar-refractivity contribution is 9.10. The lowest BCUT2D eigenvalue weighted by Gasteiger charge is -2.09. The summed E-state index contributed by atoms with van der Waals surface area (Å²) >= 11 is 3.35. The third kappa shape index (κ3) is 2.92. The van der Waals surface area contributed by atoms with E-state index in [4.69, 9.17) is 15.2 Å². The topological polar surface area (TPSA) is 44.5 Å². The van der Waals surface area contributed by atoms with Gasteiger partial charge in [-0.25, -0.2) is 4.39 Å². The van der Waals surface area contributed by atoms with Crippen molar-refractivity contribution in [2.45, 2.75) is 0 Å². The lowest BCUT2D eigenvalue weighted by molar-refractivity contribution is 0.412. The highest BCUT2D eigenvalue weighted by atomic mass is 79.9. The molecular weight excluding hydrogens is 301 g/mol. The zero-order chi connectivity index (χ0) is 13.1. The first kappa shape index (κ1) is 12.7. The van der Waals surface area contributed by atoms with Gasteiger partial charge < -0.3 is 15.2 Å². The fourth-order valence-corrected chi connectivity index (χ4v) is 1.90. The minimum Gasteiger partial charge on any atom is -0.497 e. The summed E-state index contributed by atoms with van der Waals surface area (Å²) in [5.41, 5.74) is 5.86. The Hall–Kier alpha value is -1.75. The summed E-state index contributed by atoms with van der Waals surface area (Å²) < 4.78 is 24.5. The Bertz CT molecular complexity index is 555. The fourth-order valence-electron chi connectivity index (χ4n) is 1.46. The maximum absolute atomic E-state index is 13.2. The number of methoxy groups -OCH3 is 1. The molecule has 0 saturated heterocycles. The predicted octanol–water partition coefficient (Wildman–Crippen LogP) is 3.97. The summed E-state index contributed by atoms with van der Waals surface area (Å²) in [5.74, 6) is 1.17. The zero-order valence-electron chi connectivity index (χ0n) is 9.61. The first-order valence-electron chi connectivity index (χ1n) is 5.16. The highest BCUT2D eigenvalue weighted by Crippen LogP contribution is 2.33. The largest absolute Gasteiger partial charge is 0.497 e. The average Bonchev–Trinajstić information content (AvgIpc) is 2.30. The van der Waals surface area contributed by atoms with Crippen LogP contribution in [0.25, 0.3) is 0 Å². The van der Waals surface area contributed by atoms with Crippen LogP contribution >= 0.6 is 15.9 Å². The number of halogens is 2. The Morgan fingerprint density at radius 3 is 2.50 bits per heavy atom. The van der Waals surface area contributed by atoms with Crippen LogP contribution in [-0.4, -0.2) is 7.11 Å². The molecule has 0 radical (unpaired) electrons. The molecule has 0 unspecified atom stereocenters. The summed E-state index contributed by atoms with van der Waals surface area (Å²) in [6, 6.07) is 9.30. The van der Waals surface area contributed by atoms with Gasteiger partial charge in [-0.3, -0.25) is 0 Å². The molecule has 2 aromatic carbocycles. The van der Waals surface area contributed by atoms with E-state index in [-0.39, 0.29) is 0 Å². The lowest BCUT2D eigenvalue weighted by Crippen LogP contribution is -1.91. The molecule has 0 amide bonds. The summed E-state index contributed by atoms with van der Waals surface area (Å²) in [6.45, 7) is 0. The zero-order valence-corrected chi connectivity index (χ0v) is 11.2. The molecule has 0 aliphatic heterocycles. The monoisotopic (exact) mass is 311 g/mol. The van der Waals surface area contributed by atoms with Crippen LogP contribution in [0.4, 0.5) is 10.1 Å². The van der Waals surface area contributed by atoms with Crippen LogP contribution < -0.4 is 15.2 Å². The van der Waals surface area contributed by atoms with E-state index in [1.807, 2.05) is 0 Å². The molecule has 0 fully saturated rings. The van der Waals surface area contributed by atoms with Crippen molar-refractivity contribution in [1.29, 1.82) is 0 Å². The molecule has 18 heavy (non-hydrogen) atoms. The van der Waals surface area contributed by atoms with E-state index in [2.05, 4.69) is 15.9 Å². The molecular formula is C13H11BrFNO2. The van der Waals surface area contributed by atoms with Crippen molar-refractivity contribution in [2.75, 3.05) is 12.8 Å². The Balaban J connectivity index is 2.28. The second-order valence-electron chi connectivity index (χ2n) is 3.62. The lowest BCUT2D eigenvalue weighted by atomic mass is 10.3. The van der Waals surface area contributed by atoms with Crippen molar-refractivity contribution in [2.24, 2.45) is 0 Å². The summed E-state index contributed by atoms with van der Waals surface area (Å²) in [4.78, 5) is 0. The molecule has 3 nitrogen and oxygen atoms in total. The summed E-state index contributed by atoms with van der Waals surface area (Å²) in [6.07, 6.45) is 0. The van der Waals surface area contributed by atoms with Gasteiger partial charge >= 0.3 is 0 Å². The molecule has 0 saturated carbocycles. The molecule has 2 aromatic rings. The van der Waals surface area contributed by atoms with Crippen LogP contribution in [0.5, 0.6) is 17.2 Å². The second kappa shape index (κ2) is 5.27. The van der Waals surface area contributed by atoms with Gasteiger partial charge in [-0.1, -0.05) is 0 Å². The van der Waals surface area contributed by atoms with Gasteiger partial charge in [-0.05, 0) is 40.2 Å². The first-order chi connectivity index (χ1) is 8.58. The Labute approximate surface area is 112 Å². The smallest absolute Gasteiger partial charge is 0.141 e. The van der Waals surface area contributed by atoms with Gasteiger partial charge in [0.1, 0.15) is 23.1 Å². The maximum Gasteiger partial charge on any atom is 0.141 e. The van der Waals surface area contributed by atoms with Gasteiger partial charge in [0, 0.05) is 17.8 Å². The number of benzene rings is 2. The molecule has 94 valence electrons. The standard InChI is InChI=1S/C13H11BrFNO2/c1-17-10-2-3-13(12(14)7-10)18-11-5-8(15)4-9(16)6-11/h2-7H,16H2,1H3. The number of ether oxygens (including phenoxy) is 2. The molecule has 0 bridgehead atoms. The van der Waals surface area contributed by atoms with Crippen LogP contribution in [-0.2, 0) is 0 Å². The van der Waals surface area contributed by atoms with Crippen LogP contribution in [0, 0.1) is 5.82 Å². The molecule has 5 heteroatoms.